The highest BCUT2D eigenvalue weighted by Crippen LogP contribution is 2.40. The Balaban J connectivity index is 1.82. The van der Waals surface area contributed by atoms with Gasteiger partial charge >= 0.3 is 6.09 Å². The van der Waals surface area contributed by atoms with E-state index >= 15 is 0 Å². The van der Waals surface area contributed by atoms with Gasteiger partial charge in [0.05, 0.1) is 17.9 Å². The molecule has 11 heteroatoms. The number of hydrazine groups is 1. The van der Waals surface area contributed by atoms with Gasteiger partial charge in [-0.25, -0.2) is 15.2 Å². The molecule has 2 amide bonds. The number of para-hydroxylation sites is 1. The molecule has 1 saturated carbocycles. The Morgan fingerprint density at radius 3 is 2.60 bits per heavy atom. The second-order valence-electron chi connectivity index (χ2n) is 7.04. The number of guanidine groups is 2. The zero-order valence-electron chi connectivity index (χ0n) is 16.9. The van der Waals surface area contributed by atoms with E-state index in [0.29, 0.717) is 11.3 Å². The third kappa shape index (κ3) is 4.62. The van der Waals surface area contributed by atoms with Crippen molar-refractivity contribution in [2.75, 3.05) is 25.2 Å². The largest absolute Gasteiger partial charge is 0.446 e. The van der Waals surface area contributed by atoms with Crippen LogP contribution < -0.4 is 27.2 Å². The minimum atomic E-state index is -0.793. The molecule has 1 aliphatic heterocycles. The first-order valence-electron chi connectivity index (χ1n) is 9.78. The van der Waals surface area contributed by atoms with Crippen LogP contribution in [0.2, 0.25) is 0 Å². The lowest BCUT2D eigenvalue weighted by atomic mass is 9.87. The predicted molar refractivity (Wildman–Crippen MR) is 112 cm³/mol. The van der Waals surface area contributed by atoms with Crippen LogP contribution in [-0.2, 0) is 9.47 Å². The number of methoxy groups -OCH3 is 1. The number of amides is 2. The first-order chi connectivity index (χ1) is 14.5. The van der Waals surface area contributed by atoms with Gasteiger partial charge in [-0.05, 0) is 37.8 Å². The van der Waals surface area contributed by atoms with Crippen molar-refractivity contribution >= 4 is 29.6 Å². The number of nitrogens with one attached hydrogen (secondary N) is 2. The zero-order chi connectivity index (χ0) is 21.6. The molecule has 0 saturated heterocycles. The minimum Gasteiger partial charge on any atom is -0.446 e. The molecule has 0 atom stereocenters. The van der Waals surface area contributed by atoms with E-state index in [1.807, 2.05) is 0 Å². The number of hydrogen-bond acceptors (Lipinski definition) is 9. The molecule has 162 valence electrons. The quantitative estimate of drug-likeness (QED) is 0.408. The van der Waals surface area contributed by atoms with Gasteiger partial charge in [0.2, 0.25) is 11.9 Å². The summed E-state index contributed by atoms with van der Waals surface area (Å²) in [7, 11) is 1.49. The highest BCUT2D eigenvalue weighted by atomic mass is 16.6. The zero-order valence-corrected chi connectivity index (χ0v) is 16.9. The Morgan fingerprint density at radius 1 is 1.13 bits per heavy atom. The van der Waals surface area contributed by atoms with E-state index in [1.165, 1.54) is 7.11 Å². The molecule has 2 aliphatic rings. The molecular weight excluding hydrogens is 390 g/mol. The molecule has 0 aromatic heterocycles. The van der Waals surface area contributed by atoms with Gasteiger partial charge in [0.25, 0.3) is 5.91 Å². The summed E-state index contributed by atoms with van der Waals surface area (Å²) in [4.78, 5) is 35.0. The maximum absolute atomic E-state index is 12.8. The Hall–Kier alpha value is -3.34. The number of rotatable bonds is 5. The summed E-state index contributed by atoms with van der Waals surface area (Å²) >= 11 is 0. The van der Waals surface area contributed by atoms with Gasteiger partial charge in [-0.2, -0.15) is 4.99 Å². The molecule has 11 nitrogen and oxygen atoms in total. The standard InChI is InChI=1S/C19H27N7O4/c1-29-11-12-30-18(28)25-24-15(27)13-7-3-4-8-14(13)26-17(21)22-16(20)23-19(26)9-5-2-6-10-19/h3-4,7-8H,2,5-6,9-12H2,1H3,(H,24,27)(H,25,28)(H4,20,21,22,23). The Kier molecular flexibility index (Phi) is 6.72. The van der Waals surface area contributed by atoms with Gasteiger partial charge in [0.1, 0.15) is 12.3 Å². The Labute approximate surface area is 174 Å². The third-order valence-electron chi connectivity index (χ3n) is 5.04. The van der Waals surface area contributed by atoms with Crippen molar-refractivity contribution in [3.8, 4) is 0 Å². The molecule has 1 aromatic rings. The van der Waals surface area contributed by atoms with Crippen LogP contribution in [0.4, 0.5) is 10.5 Å². The average Bonchev–Trinajstić information content (AvgIpc) is 2.72. The van der Waals surface area contributed by atoms with E-state index in [-0.39, 0.29) is 25.1 Å². The number of carbonyl (C=O) groups is 2. The van der Waals surface area contributed by atoms with Crippen LogP contribution >= 0.6 is 0 Å². The topological polar surface area (TPSA) is 157 Å². The van der Waals surface area contributed by atoms with Crippen molar-refractivity contribution in [3.63, 3.8) is 0 Å². The number of carbonyl (C=O) groups excluding carboxylic acids is 2. The second kappa shape index (κ2) is 9.44. The van der Waals surface area contributed by atoms with Gasteiger partial charge in [-0.15, -0.1) is 0 Å². The summed E-state index contributed by atoms with van der Waals surface area (Å²) in [6.45, 7) is 0.320. The number of hydrogen-bond donors (Lipinski definition) is 4. The molecular formula is C19H27N7O4. The van der Waals surface area contributed by atoms with Crippen molar-refractivity contribution in [2.45, 2.75) is 37.8 Å². The lowest BCUT2D eigenvalue weighted by molar-refractivity contribution is 0.0849. The molecule has 0 unspecified atom stereocenters. The van der Waals surface area contributed by atoms with Crippen molar-refractivity contribution in [2.24, 2.45) is 21.5 Å². The van der Waals surface area contributed by atoms with E-state index in [4.69, 9.17) is 20.9 Å². The first kappa shape index (κ1) is 21.4. The third-order valence-corrected chi connectivity index (χ3v) is 5.04. The summed E-state index contributed by atoms with van der Waals surface area (Å²) in [6, 6.07) is 6.91. The number of benzene rings is 1. The number of anilines is 1. The first-order valence-corrected chi connectivity index (χ1v) is 9.78. The van der Waals surface area contributed by atoms with Gasteiger partial charge in [-0.3, -0.25) is 15.1 Å². The lowest BCUT2D eigenvalue weighted by Gasteiger charge is -2.46. The maximum atomic E-state index is 12.8. The molecule has 1 heterocycles. The Bertz CT molecular complexity index is 849. The number of aliphatic imine (C=N–C) groups is 2. The summed E-state index contributed by atoms with van der Waals surface area (Å²) in [5.41, 5.74) is 16.9. The van der Waals surface area contributed by atoms with Crippen molar-refractivity contribution in [1.82, 2.24) is 10.9 Å². The van der Waals surface area contributed by atoms with E-state index in [1.54, 1.807) is 29.2 Å². The molecule has 1 aliphatic carbocycles. The van der Waals surface area contributed by atoms with E-state index in [0.717, 1.165) is 32.1 Å². The van der Waals surface area contributed by atoms with Gasteiger partial charge < -0.3 is 20.9 Å². The monoisotopic (exact) mass is 417 g/mol. The minimum absolute atomic E-state index is 0.0670. The average molecular weight is 417 g/mol. The SMILES string of the molecule is COCCOC(=O)NNC(=O)c1ccccc1N1C(N)=NC(N)=NC12CCCCC2. The van der Waals surface area contributed by atoms with Gasteiger partial charge in [0, 0.05) is 7.11 Å². The number of nitrogens with zero attached hydrogens (tertiary/aromatic N) is 3. The fourth-order valence-corrected chi connectivity index (χ4v) is 3.76. The normalized spacial score (nSPS) is 17.7. The molecule has 1 aromatic carbocycles. The van der Waals surface area contributed by atoms with Crippen molar-refractivity contribution in [3.05, 3.63) is 29.8 Å². The van der Waals surface area contributed by atoms with E-state index in [9.17, 15) is 9.59 Å². The van der Waals surface area contributed by atoms with E-state index in [2.05, 4.69) is 20.8 Å². The summed E-state index contributed by atoms with van der Waals surface area (Å²) < 4.78 is 9.67. The molecule has 0 radical (unpaired) electrons. The highest BCUT2D eigenvalue weighted by molar-refractivity contribution is 6.10. The van der Waals surface area contributed by atoms with Crippen LogP contribution in [0.3, 0.4) is 0 Å². The molecule has 1 spiro atoms. The lowest BCUT2D eigenvalue weighted by Crippen LogP contribution is -2.58. The van der Waals surface area contributed by atoms with Gasteiger partial charge in [-0.1, -0.05) is 18.6 Å². The number of nitrogens with two attached hydrogens (primary N) is 2. The van der Waals surface area contributed by atoms with Gasteiger partial charge in [0.15, 0.2) is 0 Å². The van der Waals surface area contributed by atoms with Crippen LogP contribution in [0.15, 0.2) is 34.3 Å². The predicted octanol–water partition coefficient (Wildman–Crippen LogP) is 0.814. The van der Waals surface area contributed by atoms with Crippen LogP contribution in [0.25, 0.3) is 0 Å². The molecule has 3 rings (SSSR count). The van der Waals surface area contributed by atoms with Crippen LogP contribution in [0.1, 0.15) is 42.5 Å². The van der Waals surface area contributed by atoms with Crippen molar-refractivity contribution < 1.29 is 19.1 Å². The van der Waals surface area contributed by atoms with Crippen LogP contribution in [-0.4, -0.2) is 49.9 Å². The highest BCUT2D eigenvalue weighted by Gasteiger charge is 2.43. The molecule has 0 bridgehead atoms. The second-order valence-corrected chi connectivity index (χ2v) is 7.04. The summed E-state index contributed by atoms with van der Waals surface area (Å²) in [6.07, 6.45) is 3.71. The molecule has 6 N–H and O–H groups in total. The maximum Gasteiger partial charge on any atom is 0.426 e. The van der Waals surface area contributed by atoms with E-state index < -0.39 is 17.7 Å². The summed E-state index contributed by atoms with van der Waals surface area (Å²) in [5.74, 6) is -0.222. The van der Waals surface area contributed by atoms with Crippen LogP contribution in [0.5, 0.6) is 0 Å². The molecule has 30 heavy (non-hydrogen) atoms. The number of ether oxygens (including phenoxy) is 2. The fraction of sp³-hybridized carbons (Fsp3) is 0.474. The van der Waals surface area contributed by atoms with Crippen molar-refractivity contribution in [1.29, 1.82) is 0 Å². The Morgan fingerprint density at radius 2 is 1.87 bits per heavy atom. The van der Waals surface area contributed by atoms with Crippen LogP contribution in [0, 0.1) is 0 Å². The smallest absolute Gasteiger partial charge is 0.426 e. The summed E-state index contributed by atoms with van der Waals surface area (Å²) in [5, 5.41) is 0. The molecule has 1 fully saturated rings. The fourth-order valence-electron chi connectivity index (χ4n) is 3.76.